The van der Waals surface area contributed by atoms with E-state index in [1.165, 1.54) is 18.5 Å². The molecule has 3 rings (SSSR count). The normalized spacial score (nSPS) is 17.9. The van der Waals surface area contributed by atoms with Crippen LogP contribution in [0.1, 0.15) is 17.3 Å². The Bertz CT molecular complexity index is 774. The number of aliphatic hydroxyl groups is 1. The van der Waals surface area contributed by atoms with Crippen molar-refractivity contribution in [2.24, 2.45) is 0 Å². The van der Waals surface area contributed by atoms with Gasteiger partial charge in [0.2, 0.25) is 5.95 Å². The molecule has 112 valence electrons. The van der Waals surface area contributed by atoms with E-state index in [1.54, 1.807) is 30.2 Å². The van der Waals surface area contributed by atoms with Crippen LogP contribution in [0.2, 0.25) is 0 Å². The van der Waals surface area contributed by atoms with Gasteiger partial charge >= 0.3 is 0 Å². The van der Waals surface area contributed by atoms with Crippen LogP contribution in [0.5, 0.6) is 0 Å². The number of nitrogen functional groups attached to an aromatic ring is 1. The molecule has 0 amide bonds. The van der Waals surface area contributed by atoms with Gasteiger partial charge in [-0.25, -0.2) is 14.4 Å². The summed E-state index contributed by atoms with van der Waals surface area (Å²) in [6.07, 6.45) is 7.43. The highest BCUT2D eigenvalue weighted by Gasteiger charge is 2.27. The molecule has 7 heteroatoms. The van der Waals surface area contributed by atoms with Gasteiger partial charge < -0.3 is 15.7 Å². The summed E-state index contributed by atoms with van der Waals surface area (Å²) < 4.78 is 14.0. The molecule has 0 saturated heterocycles. The van der Waals surface area contributed by atoms with E-state index in [0.717, 1.165) is 6.20 Å². The molecule has 0 bridgehead atoms. The average Bonchev–Trinajstić information content (AvgIpc) is 2.49. The predicted molar refractivity (Wildman–Crippen MR) is 79.8 cm³/mol. The van der Waals surface area contributed by atoms with Crippen LogP contribution in [0, 0.1) is 5.82 Å². The van der Waals surface area contributed by atoms with E-state index in [-0.39, 0.29) is 17.7 Å². The van der Waals surface area contributed by atoms with Gasteiger partial charge in [0.15, 0.2) is 0 Å². The summed E-state index contributed by atoms with van der Waals surface area (Å²) >= 11 is 0. The number of nitrogens with two attached hydrogens (primary N) is 1. The highest BCUT2D eigenvalue weighted by molar-refractivity contribution is 5.67. The third-order valence-electron chi connectivity index (χ3n) is 3.49. The Balaban J connectivity index is 2.05. The second-order valence-corrected chi connectivity index (χ2v) is 4.85. The number of pyridine rings is 1. The summed E-state index contributed by atoms with van der Waals surface area (Å²) in [5.41, 5.74) is 6.98. The van der Waals surface area contributed by atoms with Crippen LogP contribution in [-0.2, 0) is 0 Å². The summed E-state index contributed by atoms with van der Waals surface area (Å²) in [6, 6.07) is 2.86. The van der Waals surface area contributed by atoms with E-state index < -0.39 is 5.82 Å². The van der Waals surface area contributed by atoms with Gasteiger partial charge in [0, 0.05) is 25.0 Å². The first-order valence-corrected chi connectivity index (χ1v) is 6.60. The van der Waals surface area contributed by atoms with Gasteiger partial charge in [-0.15, -0.1) is 0 Å². The second kappa shape index (κ2) is 5.44. The Morgan fingerprint density at radius 1 is 1.32 bits per heavy atom. The quantitative estimate of drug-likeness (QED) is 0.882. The Hall–Kier alpha value is -2.96. The van der Waals surface area contributed by atoms with E-state index in [2.05, 4.69) is 15.0 Å². The molecule has 1 aliphatic heterocycles. The molecule has 2 aromatic heterocycles. The zero-order chi connectivity index (χ0) is 15.7. The van der Waals surface area contributed by atoms with Crippen LogP contribution in [0.4, 0.5) is 10.3 Å². The van der Waals surface area contributed by atoms with Crippen molar-refractivity contribution in [3.8, 4) is 0 Å². The Labute approximate surface area is 126 Å². The van der Waals surface area contributed by atoms with Gasteiger partial charge in [0.05, 0.1) is 17.9 Å². The fraction of sp³-hybridized carbons (Fsp3) is 0.133. The predicted octanol–water partition coefficient (Wildman–Crippen LogP) is 2.06. The van der Waals surface area contributed by atoms with Crippen molar-refractivity contribution in [2.75, 3.05) is 12.8 Å². The fourth-order valence-corrected chi connectivity index (χ4v) is 2.47. The lowest BCUT2D eigenvalue weighted by Crippen LogP contribution is -2.27. The summed E-state index contributed by atoms with van der Waals surface area (Å²) in [5.74, 6) is -0.273. The second-order valence-electron chi connectivity index (χ2n) is 4.85. The Morgan fingerprint density at radius 3 is 2.86 bits per heavy atom. The number of hydrogen-bond donors (Lipinski definition) is 2. The van der Waals surface area contributed by atoms with Crippen molar-refractivity contribution in [1.82, 2.24) is 19.9 Å². The smallest absolute Gasteiger partial charge is 0.220 e. The van der Waals surface area contributed by atoms with E-state index in [0.29, 0.717) is 17.0 Å². The average molecular weight is 299 g/mol. The highest BCUT2D eigenvalue weighted by Crippen LogP contribution is 2.35. The molecule has 3 heterocycles. The van der Waals surface area contributed by atoms with Crippen molar-refractivity contribution >= 4 is 11.6 Å². The number of aromatic nitrogens is 3. The van der Waals surface area contributed by atoms with Crippen LogP contribution in [0.15, 0.2) is 48.6 Å². The SMILES string of the molecule is CN1C(c2ccnc(N)n2)=C(O)C=CC1c1ccncc1F. The number of allylic oxidation sites excluding steroid dienone is 1. The third kappa shape index (κ3) is 2.37. The van der Waals surface area contributed by atoms with Crippen molar-refractivity contribution in [1.29, 1.82) is 0 Å². The molecule has 6 nitrogen and oxygen atoms in total. The first-order chi connectivity index (χ1) is 10.6. The van der Waals surface area contributed by atoms with Crippen LogP contribution < -0.4 is 5.73 Å². The van der Waals surface area contributed by atoms with Gasteiger partial charge in [0.1, 0.15) is 17.3 Å². The van der Waals surface area contributed by atoms with Crippen LogP contribution in [0.25, 0.3) is 5.70 Å². The molecule has 3 N–H and O–H groups in total. The van der Waals surface area contributed by atoms with Crippen molar-refractivity contribution in [3.63, 3.8) is 0 Å². The molecule has 0 saturated carbocycles. The maximum Gasteiger partial charge on any atom is 0.220 e. The molecule has 1 unspecified atom stereocenters. The molecule has 0 aliphatic carbocycles. The Morgan fingerprint density at radius 2 is 2.14 bits per heavy atom. The van der Waals surface area contributed by atoms with E-state index in [4.69, 9.17) is 5.73 Å². The first-order valence-electron chi connectivity index (χ1n) is 6.60. The summed E-state index contributed by atoms with van der Waals surface area (Å²) in [5, 5.41) is 10.2. The number of hydrogen-bond acceptors (Lipinski definition) is 6. The molecule has 22 heavy (non-hydrogen) atoms. The maximum absolute atomic E-state index is 14.0. The minimum atomic E-state index is -0.410. The van der Waals surface area contributed by atoms with Gasteiger partial charge in [-0.3, -0.25) is 4.98 Å². The standard InChI is InChI=1S/C15H14FN5O/c1-21-12(9-4-6-18-8-10(9)16)2-3-13(22)14(21)11-5-7-19-15(17)20-11/h2-8,12,22H,1H3,(H2,17,19,20). The molecule has 0 fully saturated rings. The van der Waals surface area contributed by atoms with E-state index in [9.17, 15) is 9.50 Å². The van der Waals surface area contributed by atoms with Gasteiger partial charge in [-0.1, -0.05) is 6.08 Å². The number of rotatable bonds is 2. The molecule has 0 radical (unpaired) electrons. The number of likely N-dealkylation sites (N-methyl/N-ethyl adjacent to an activating group) is 1. The lowest BCUT2D eigenvalue weighted by Gasteiger charge is -2.33. The minimum Gasteiger partial charge on any atom is -0.506 e. The minimum absolute atomic E-state index is 0.0336. The van der Waals surface area contributed by atoms with Crippen molar-refractivity contribution < 1.29 is 9.50 Å². The lowest BCUT2D eigenvalue weighted by molar-refractivity contribution is 0.354. The molecular weight excluding hydrogens is 285 g/mol. The van der Waals surface area contributed by atoms with Gasteiger partial charge in [0.25, 0.3) is 0 Å². The molecule has 0 spiro atoms. The lowest BCUT2D eigenvalue weighted by atomic mass is 10.0. The van der Waals surface area contributed by atoms with Crippen LogP contribution >= 0.6 is 0 Å². The molecule has 1 atom stereocenters. The fourth-order valence-electron chi connectivity index (χ4n) is 2.47. The molecule has 2 aromatic rings. The van der Waals surface area contributed by atoms with Crippen molar-refractivity contribution in [2.45, 2.75) is 6.04 Å². The monoisotopic (exact) mass is 299 g/mol. The maximum atomic E-state index is 14.0. The Kier molecular flexibility index (Phi) is 3.46. The number of halogens is 1. The van der Waals surface area contributed by atoms with Crippen LogP contribution in [-0.4, -0.2) is 32.0 Å². The first kappa shape index (κ1) is 14.0. The molecule has 1 aliphatic rings. The van der Waals surface area contributed by atoms with E-state index >= 15 is 0 Å². The molecular formula is C15H14FN5O. The third-order valence-corrected chi connectivity index (χ3v) is 3.49. The van der Waals surface area contributed by atoms with Crippen LogP contribution in [0.3, 0.4) is 0 Å². The zero-order valence-corrected chi connectivity index (χ0v) is 11.8. The number of aliphatic hydroxyl groups excluding tert-OH is 1. The van der Waals surface area contributed by atoms with Gasteiger partial charge in [-0.2, -0.15) is 0 Å². The number of anilines is 1. The summed E-state index contributed by atoms with van der Waals surface area (Å²) in [4.78, 5) is 13.4. The topological polar surface area (TPSA) is 88.2 Å². The highest BCUT2D eigenvalue weighted by atomic mass is 19.1. The molecule has 0 aromatic carbocycles. The van der Waals surface area contributed by atoms with Gasteiger partial charge in [-0.05, 0) is 18.2 Å². The van der Waals surface area contributed by atoms with E-state index in [1.807, 2.05) is 0 Å². The summed E-state index contributed by atoms with van der Waals surface area (Å²) in [6.45, 7) is 0. The zero-order valence-electron chi connectivity index (χ0n) is 11.8. The largest absolute Gasteiger partial charge is 0.506 e. The summed E-state index contributed by atoms with van der Waals surface area (Å²) in [7, 11) is 1.75. The van der Waals surface area contributed by atoms with Crippen molar-refractivity contribution in [3.05, 3.63) is 65.7 Å². The number of nitrogens with zero attached hydrogens (tertiary/aromatic N) is 4.